The molecular weight excluding hydrogens is 1200 g/mol. The van der Waals surface area contributed by atoms with Gasteiger partial charge >= 0.3 is 29.2 Å². The first kappa shape index (κ1) is 62.0. The maximum atomic E-state index is 13.7. The first-order valence-electron chi connectivity index (χ1n) is 28.4. The zero-order valence-corrected chi connectivity index (χ0v) is 51.2. The van der Waals surface area contributed by atoms with E-state index in [9.17, 15) is 49.4 Å². The number of esters is 3. The molecule has 5 unspecified atom stereocenters. The number of nitro benzene ring substituents is 1. The van der Waals surface area contributed by atoms with Crippen LogP contribution in [0.3, 0.4) is 0 Å². The lowest BCUT2D eigenvalue weighted by Gasteiger charge is -2.66. The predicted octanol–water partition coefficient (Wildman–Crippen LogP) is 10.2. The molecule has 21 heteroatoms. The number of rotatable bonds is 9. The van der Waals surface area contributed by atoms with Crippen molar-refractivity contribution in [2.45, 2.75) is 143 Å². The van der Waals surface area contributed by atoms with E-state index in [1.807, 2.05) is 6.92 Å². The Hall–Kier alpha value is -6.56. The van der Waals surface area contributed by atoms with Crippen LogP contribution in [0.2, 0.25) is 0 Å². The molecule has 4 saturated carbocycles. The highest BCUT2D eigenvalue weighted by molar-refractivity contribution is 14.0. The Morgan fingerprint density at radius 3 is 1.55 bits per heavy atom. The zero-order chi connectivity index (χ0) is 59.9. The molecule has 16 atom stereocenters. The van der Waals surface area contributed by atoms with Crippen LogP contribution in [-0.4, -0.2) is 84.7 Å². The van der Waals surface area contributed by atoms with Crippen LogP contribution in [0, 0.1) is 67.3 Å². The standard InChI is InChI=1S/C35H38N2O10.C28H35NO7.HI/c1-19-12-13-33(3)26(34(19,4)18-44-20(2)38)16-27(46-31(40)21-8-10-23(11-9-21)37(42)43)35(5)30(33)29(39)28-25(47-35)15-24(45-32(28)41)22-7-6-14-36-17-22;1-15-8-9-26(3)20(27(15,4)14-34-16(2)30)12-21(31)28(5)24(26)23(32)22-19(36-28)11-18(35-25(22)33)17-7-6-10-29-13-17;/h6-11,14-15,17,19,26-27,29-30,39H,12-13,16,18H2,1-5H3;6-7,10-11,13,15,20-21,23-24,31-32H,8-9,12,14H2,1-5H3;1H/t19-,26?,27-,29-,30?,33-,34-,35+;15-,20?,21-,23?,24?,26-,27-,28+;/m00./s1. The number of aliphatic hydroxyl groups excluding tert-OH is 3. The molecule has 20 nitrogen and oxygen atoms in total. The summed E-state index contributed by atoms with van der Waals surface area (Å²) in [6.07, 6.45) is 5.81. The summed E-state index contributed by atoms with van der Waals surface area (Å²) in [5, 5.41) is 46.8. The van der Waals surface area contributed by atoms with Gasteiger partial charge in [0.25, 0.3) is 5.69 Å². The summed E-state index contributed by atoms with van der Waals surface area (Å²) >= 11 is 0. The molecule has 0 spiro atoms. The first-order valence-corrected chi connectivity index (χ1v) is 28.4. The van der Waals surface area contributed by atoms with Gasteiger partial charge in [0.1, 0.15) is 51.5 Å². The quantitative estimate of drug-likeness (QED) is 0.0406. The summed E-state index contributed by atoms with van der Waals surface area (Å²) in [6, 6.07) is 15.2. The molecule has 450 valence electrons. The molecule has 2 aliphatic heterocycles. The largest absolute Gasteiger partial charge is 0.484 e. The number of nitrogens with zero attached hydrogens (tertiary/aromatic N) is 3. The molecule has 4 aliphatic carbocycles. The second-order valence-electron chi connectivity index (χ2n) is 25.5. The number of nitro groups is 1. The van der Waals surface area contributed by atoms with Gasteiger partial charge in [-0.1, -0.05) is 41.5 Å². The molecule has 0 amide bonds. The number of aromatic nitrogens is 2. The first-order chi connectivity index (χ1) is 39.1. The van der Waals surface area contributed by atoms with Crippen LogP contribution < -0.4 is 20.7 Å². The van der Waals surface area contributed by atoms with Crippen LogP contribution in [0.4, 0.5) is 5.69 Å². The van der Waals surface area contributed by atoms with Crippen molar-refractivity contribution < 1.29 is 67.1 Å². The Bertz CT molecular complexity index is 3450. The SMILES string of the molecule is CC(=O)OC[C@]1(C)C2C[C@H](O)[C@@]3(C)Oc4cc(-c5cccnc5)oc(=O)c4C(O)C3[C@@]2(C)CC[C@@H]1C.CC(=O)OC[C@]1(C)C2C[C@H](OC(=O)c3ccc([N+](=O)[O-])cc3)[C@@]3(C)Oc4cc(-c5cccnc5)oc(=O)c4[C@H](O)C3[C@@]2(C)CC[C@@H]1C.I. The molecule has 0 saturated heterocycles. The van der Waals surface area contributed by atoms with Crippen molar-refractivity contribution in [3.05, 3.63) is 133 Å². The van der Waals surface area contributed by atoms with Crippen molar-refractivity contribution in [2.24, 2.45) is 57.2 Å². The van der Waals surface area contributed by atoms with Crippen molar-refractivity contribution in [3.8, 4) is 34.1 Å². The number of carbonyl (C=O) groups is 3. The van der Waals surface area contributed by atoms with Crippen molar-refractivity contribution in [1.82, 2.24) is 9.97 Å². The van der Waals surface area contributed by atoms with Crippen LogP contribution in [0.5, 0.6) is 11.5 Å². The summed E-state index contributed by atoms with van der Waals surface area (Å²) in [6.45, 7) is 19.3. The fraction of sp³-hybridized carbons (Fsp3) is 0.540. The van der Waals surface area contributed by atoms with Gasteiger partial charge in [0, 0.05) is 96.7 Å². The average molecular weight is 1270 g/mol. The van der Waals surface area contributed by atoms with E-state index < -0.39 is 97.2 Å². The van der Waals surface area contributed by atoms with E-state index in [2.05, 4.69) is 51.5 Å². The van der Waals surface area contributed by atoms with Gasteiger partial charge in [-0.05, 0) is 123 Å². The van der Waals surface area contributed by atoms with Crippen molar-refractivity contribution in [2.75, 3.05) is 13.2 Å². The molecule has 6 aliphatic rings. The van der Waals surface area contributed by atoms with Gasteiger partial charge in [0.15, 0.2) is 0 Å². The number of benzene rings is 1. The smallest absolute Gasteiger partial charge is 0.345 e. The van der Waals surface area contributed by atoms with Crippen LogP contribution >= 0.6 is 24.0 Å². The zero-order valence-electron chi connectivity index (χ0n) is 48.8. The molecule has 84 heavy (non-hydrogen) atoms. The van der Waals surface area contributed by atoms with Gasteiger partial charge in [0.2, 0.25) is 0 Å². The number of carbonyl (C=O) groups excluding carboxylic acids is 3. The minimum Gasteiger partial charge on any atom is -0.484 e. The third-order valence-corrected chi connectivity index (χ3v) is 20.9. The lowest BCUT2D eigenvalue weighted by Crippen LogP contribution is -2.70. The lowest BCUT2D eigenvalue weighted by atomic mass is 9.41. The average Bonchev–Trinajstić information content (AvgIpc) is 0.856. The summed E-state index contributed by atoms with van der Waals surface area (Å²) in [7, 11) is 0. The number of hydrogen-bond acceptors (Lipinski definition) is 19. The Morgan fingerprint density at radius 1 is 0.679 bits per heavy atom. The van der Waals surface area contributed by atoms with E-state index in [1.54, 1.807) is 68.1 Å². The number of non-ortho nitro benzene ring substituents is 1. The number of ether oxygens (including phenoxy) is 5. The van der Waals surface area contributed by atoms with Gasteiger partial charge in [-0.3, -0.25) is 29.7 Å². The summed E-state index contributed by atoms with van der Waals surface area (Å²) in [5.41, 5.74) is -4.81. The molecule has 6 heterocycles. The Labute approximate surface area is 503 Å². The van der Waals surface area contributed by atoms with Gasteiger partial charge in [-0.15, -0.1) is 24.0 Å². The van der Waals surface area contributed by atoms with Crippen molar-refractivity contribution >= 4 is 47.6 Å². The molecule has 0 radical (unpaired) electrons. The number of aliphatic hydroxyl groups is 3. The van der Waals surface area contributed by atoms with Gasteiger partial charge in [-0.2, -0.15) is 0 Å². The predicted molar refractivity (Wildman–Crippen MR) is 314 cm³/mol. The van der Waals surface area contributed by atoms with E-state index >= 15 is 0 Å². The number of pyridine rings is 2. The van der Waals surface area contributed by atoms with E-state index in [-0.39, 0.29) is 112 Å². The lowest BCUT2D eigenvalue weighted by molar-refractivity contribution is -0.384. The maximum absolute atomic E-state index is 13.7. The normalized spacial score (nSPS) is 35.0. The van der Waals surface area contributed by atoms with Gasteiger partial charge < -0.3 is 47.8 Å². The van der Waals surface area contributed by atoms with Crippen molar-refractivity contribution in [3.63, 3.8) is 0 Å². The van der Waals surface area contributed by atoms with E-state index in [1.165, 1.54) is 38.1 Å². The van der Waals surface area contributed by atoms with E-state index in [0.717, 1.165) is 19.3 Å². The second kappa shape index (κ2) is 22.7. The highest BCUT2D eigenvalue weighted by atomic mass is 127. The van der Waals surface area contributed by atoms with E-state index in [4.69, 9.17) is 32.5 Å². The highest BCUT2D eigenvalue weighted by Crippen LogP contribution is 2.70. The van der Waals surface area contributed by atoms with Crippen LogP contribution in [0.1, 0.15) is 141 Å². The van der Waals surface area contributed by atoms with Crippen LogP contribution in [-0.2, 0) is 23.8 Å². The summed E-state index contributed by atoms with van der Waals surface area (Å²) in [4.78, 5) is 83.0. The topological polar surface area (TPSA) is 287 Å². The molecule has 0 bridgehead atoms. The molecule has 4 fully saturated rings. The maximum Gasteiger partial charge on any atom is 0.345 e. The van der Waals surface area contributed by atoms with E-state index in [0.29, 0.717) is 30.4 Å². The third-order valence-electron chi connectivity index (χ3n) is 20.9. The molecule has 1 aromatic carbocycles. The summed E-state index contributed by atoms with van der Waals surface area (Å²) < 4.78 is 41.9. The number of hydrogen-bond donors (Lipinski definition) is 3. The fourth-order valence-corrected chi connectivity index (χ4v) is 16.2. The minimum absolute atomic E-state index is 0. The Kier molecular flexibility index (Phi) is 16.7. The molecule has 11 rings (SSSR count). The number of fused-ring (bicyclic) bond motifs is 8. The highest BCUT2D eigenvalue weighted by Gasteiger charge is 2.71. The monoisotopic (exact) mass is 1270 g/mol. The molecular formula is C63H74IN3O17. The summed E-state index contributed by atoms with van der Waals surface area (Å²) in [5.74, 6) is -1.90. The molecule has 3 N–H and O–H groups in total. The van der Waals surface area contributed by atoms with Crippen molar-refractivity contribution in [1.29, 1.82) is 0 Å². The molecule has 5 aromatic rings. The third kappa shape index (κ3) is 10.3. The Morgan fingerprint density at radius 2 is 1.12 bits per heavy atom. The fourth-order valence-electron chi connectivity index (χ4n) is 16.2. The van der Waals surface area contributed by atoms with Gasteiger partial charge in [0.05, 0.1) is 42.0 Å². The second-order valence-corrected chi connectivity index (χ2v) is 25.5. The van der Waals surface area contributed by atoms with Gasteiger partial charge in [-0.25, -0.2) is 14.4 Å². The Balaban J connectivity index is 0.000000206. The molecule has 4 aromatic heterocycles. The number of halogens is 1. The van der Waals surface area contributed by atoms with Crippen LogP contribution in [0.25, 0.3) is 22.6 Å². The minimum atomic E-state index is -1.34. The van der Waals surface area contributed by atoms with Crippen LogP contribution in [0.15, 0.2) is 104 Å².